The SMILES string of the molecule is O=C(c1ccc([N+](=O)[O-])c(Cl)c1)N1CCSCC1. The van der Waals surface area contributed by atoms with E-state index in [0.29, 0.717) is 18.7 Å². The summed E-state index contributed by atoms with van der Waals surface area (Å²) >= 11 is 7.60. The molecule has 0 atom stereocenters. The van der Waals surface area contributed by atoms with E-state index >= 15 is 0 Å². The standard InChI is InChI=1S/C11H11ClN2O3S/c12-9-7-8(1-2-10(9)14(16)17)11(15)13-3-5-18-6-4-13/h1-2,7H,3-6H2. The van der Waals surface area contributed by atoms with Crippen molar-refractivity contribution in [2.45, 2.75) is 0 Å². The van der Waals surface area contributed by atoms with Crippen LogP contribution >= 0.6 is 23.4 Å². The largest absolute Gasteiger partial charge is 0.337 e. The van der Waals surface area contributed by atoms with Gasteiger partial charge in [0.1, 0.15) is 5.02 Å². The summed E-state index contributed by atoms with van der Waals surface area (Å²) in [4.78, 5) is 23.9. The molecule has 0 N–H and O–H groups in total. The first kappa shape index (κ1) is 13.2. The van der Waals surface area contributed by atoms with Crippen LogP contribution in [0.2, 0.25) is 5.02 Å². The Kier molecular flexibility index (Phi) is 4.08. The Hall–Kier alpha value is -1.27. The second-order valence-corrected chi connectivity index (χ2v) is 5.46. The van der Waals surface area contributed by atoms with Crippen LogP contribution in [-0.4, -0.2) is 40.3 Å². The number of halogens is 1. The van der Waals surface area contributed by atoms with Gasteiger partial charge < -0.3 is 4.90 Å². The number of nitrogens with zero attached hydrogens (tertiary/aromatic N) is 2. The molecule has 96 valence electrons. The molecule has 0 spiro atoms. The van der Waals surface area contributed by atoms with E-state index in [1.807, 2.05) is 11.8 Å². The molecule has 1 fully saturated rings. The molecule has 5 nitrogen and oxygen atoms in total. The van der Waals surface area contributed by atoms with Crippen molar-refractivity contribution in [3.05, 3.63) is 38.9 Å². The first-order valence-corrected chi connectivity index (χ1v) is 6.94. The van der Waals surface area contributed by atoms with Crippen LogP contribution in [0.3, 0.4) is 0 Å². The molecule has 1 aliphatic heterocycles. The minimum absolute atomic E-state index is 0.00256. The molecule has 1 aliphatic rings. The summed E-state index contributed by atoms with van der Waals surface area (Å²) in [6.07, 6.45) is 0. The first-order chi connectivity index (χ1) is 8.59. The molecule has 2 rings (SSSR count). The topological polar surface area (TPSA) is 63.4 Å². The molecule has 0 aliphatic carbocycles. The average Bonchev–Trinajstić information content (AvgIpc) is 2.38. The Balaban J connectivity index is 2.20. The number of hydrogen-bond acceptors (Lipinski definition) is 4. The van der Waals surface area contributed by atoms with Crippen LogP contribution in [0.15, 0.2) is 18.2 Å². The summed E-state index contributed by atoms with van der Waals surface area (Å²) in [5, 5.41) is 10.6. The molecule has 1 heterocycles. The van der Waals surface area contributed by atoms with Gasteiger partial charge in [0.15, 0.2) is 0 Å². The molecule has 1 saturated heterocycles. The van der Waals surface area contributed by atoms with Crippen molar-refractivity contribution in [3.63, 3.8) is 0 Å². The Labute approximate surface area is 113 Å². The maximum absolute atomic E-state index is 12.1. The molecule has 1 aromatic rings. The fourth-order valence-electron chi connectivity index (χ4n) is 1.74. The van der Waals surface area contributed by atoms with Crippen LogP contribution < -0.4 is 0 Å². The number of hydrogen-bond donors (Lipinski definition) is 0. The highest BCUT2D eigenvalue weighted by Crippen LogP contribution is 2.26. The van der Waals surface area contributed by atoms with E-state index < -0.39 is 4.92 Å². The first-order valence-electron chi connectivity index (χ1n) is 5.40. The molecular formula is C11H11ClN2O3S. The zero-order valence-corrected chi connectivity index (χ0v) is 11.0. The van der Waals surface area contributed by atoms with Gasteiger partial charge in [-0.15, -0.1) is 0 Å². The van der Waals surface area contributed by atoms with Crippen LogP contribution in [0.5, 0.6) is 0 Å². The molecule has 0 unspecified atom stereocenters. The quantitative estimate of drug-likeness (QED) is 0.619. The van der Waals surface area contributed by atoms with Crippen molar-refractivity contribution < 1.29 is 9.72 Å². The minimum Gasteiger partial charge on any atom is -0.337 e. The number of amides is 1. The van der Waals surface area contributed by atoms with Gasteiger partial charge in [0, 0.05) is 36.2 Å². The van der Waals surface area contributed by atoms with E-state index in [2.05, 4.69) is 0 Å². The lowest BCUT2D eigenvalue weighted by atomic mass is 10.2. The maximum atomic E-state index is 12.1. The highest BCUT2D eigenvalue weighted by Gasteiger charge is 2.21. The van der Waals surface area contributed by atoms with Crippen molar-refractivity contribution in [1.82, 2.24) is 4.90 Å². The van der Waals surface area contributed by atoms with E-state index in [1.54, 1.807) is 4.90 Å². The van der Waals surface area contributed by atoms with Crippen molar-refractivity contribution >= 4 is 35.0 Å². The fraction of sp³-hybridized carbons (Fsp3) is 0.364. The highest BCUT2D eigenvalue weighted by molar-refractivity contribution is 7.99. The summed E-state index contributed by atoms with van der Waals surface area (Å²) < 4.78 is 0. The smallest absolute Gasteiger partial charge is 0.287 e. The van der Waals surface area contributed by atoms with Crippen LogP contribution in [0.25, 0.3) is 0 Å². The Morgan fingerprint density at radius 2 is 2.06 bits per heavy atom. The fourth-order valence-corrected chi connectivity index (χ4v) is 2.89. The van der Waals surface area contributed by atoms with Gasteiger partial charge in [0.2, 0.25) is 0 Å². The van der Waals surface area contributed by atoms with E-state index in [0.717, 1.165) is 11.5 Å². The van der Waals surface area contributed by atoms with Crippen molar-refractivity contribution in [2.75, 3.05) is 24.6 Å². The van der Waals surface area contributed by atoms with Crippen molar-refractivity contribution in [1.29, 1.82) is 0 Å². The lowest BCUT2D eigenvalue weighted by Crippen LogP contribution is -2.37. The van der Waals surface area contributed by atoms with Crippen LogP contribution in [-0.2, 0) is 0 Å². The second-order valence-electron chi connectivity index (χ2n) is 3.83. The monoisotopic (exact) mass is 286 g/mol. The van der Waals surface area contributed by atoms with Crippen molar-refractivity contribution in [3.8, 4) is 0 Å². The number of carbonyl (C=O) groups is 1. The highest BCUT2D eigenvalue weighted by atomic mass is 35.5. The molecule has 0 saturated carbocycles. The number of nitro benzene ring substituents is 1. The molecule has 0 radical (unpaired) electrons. The van der Waals surface area contributed by atoms with Gasteiger partial charge in [0.05, 0.1) is 4.92 Å². The number of carbonyl (C=O) groups excluding carboxylic acids is 1. The Morgan fingerprint density at radius 1 is 1.39 bits per heavy atom. The summed E-state index contributed by atoms with van der Waals surface area (Å²) in [5.41, 5.74) is 0.222. The molecule has 0 aromatic heterocycles. The molecule has 18 heavy (non-hydrogen) atoms. The maximum Gasteiger partial charge on any atom is 0.287 e. The van der Waals surface area contributed by atoms with Gasteiger partial charge in [0.25, 0.3) is 11.6 Å². The lowest BCUT2D eigenvalue weighted by molar-refractivity contribution is -0.384. The van der Waals surface area contributed by atoms with E-state index in [9.17, 15) is 14.9 Å². The van der Waals surface area contributed by atoms with Crippen LogP contribution in [0.1, 0.15) is 10.4 Å². The average molecular weight is 287 g/mol. The summed E-state index contributed by atoms with van der Waals surface area (Å²) in [5.74, 6) is 1.73. The summed E-state index contributed by atoms with van der Waals surface area (Å²) in [7, 11) is 0. The van der Waals surface area contributed by atoms with Gasteiger partial charge in [-0.25, -0.2) is 0 Å². The number of benzene rings is 1. The molecule has 1 amide bonds. The Bertz CT molecular complexity index is 489. The van der Waals surface area contributed by atoms with Gasteiger partial charge in [-0.3, -0.25) is 14.9 Å². The molecule has 1 aromatic carbocycles. The lowest BCUT2D eigenvalue weighted by Gasteiger charge is -2.26. The predicted octanol–water partition coefficient (Wildman–Crippen LogP) is 2.44. The van der Waals surface area contributed by atoms with E-state index in [-0.39, 0.29) is 16.6 Å². The van der Waals surface area contributed by atoms with E-state index in [1.165, 1.54) is 18.2 Å². The van der Waals surface area contributed by atoms with Crippen LogP contribution in [0.4, 0.5) is 5.69 Å². The van der Waals surface area contributed by atoms with Gasteiger partial charge in [-0.1, -0.05) is 11.6 Å². The Morgan fingerprint density at radius 3 is 2.61 bits per heavy atom. The normalized spacial score (nSPS) is 15.5. The zero-order chi connectivity index (χ0) is 13.1. The molecule has 0 bridgehead atoms. The van der Waals surface area contributed by atoms with Gasteiger partial charge >= 0.3 is 0 Å². The number of thioether (sulfide) groups is 1. The predicted molar refractivity (Wildman–Crippen MR) is 71.3 cm³/mol. The summed E-state index contributed by atoms with van der Waals surface area (Å²) in [6, 6.07) is 4.09. The second kappa shape index (κ2) is 5.58. The third kappa shape index (κ3) is 2.76. The molecular weight excluding hydrogens is 276 g/mol. The van der Waals surface area contributed by atoms with Crippen LogP contribution in [0, 0.1) is 10.1 Å². The zero-order valence-electron chi connectivity index (χ0n) is 9.47. The number of nitro groups is 1. The molecule has 7 heteroatoms. The van der Waals surface area contributed by atoms with Gasteiger partial charge in [-0.05, 0) is 12.1 Å². The third-order valence-corrected chi connectivity index (χ3v) is 3.93. The summed E-state index contributed by atoms with van der Waals surface area (Å²) in [6.45, 7) is 1.41. The third-order valence-electron chi connectivity index (χ3n) is 2.69. The van der Waals surface area contributed by atoms with Crippen molar-refractivity contribution in [2.24, 2.45) is 0 Å². The minimum atomic E-state index is -0.561. The van der Waals surface area contributed by atoms with Gasteiger partial charge in [-0.2, -0.15) is 11.8 Å². The van der Waals surface area contributed by atoms with E-state index in [4.69, 9.17) is 11.6 Å². The number of rotatable bonds is 2.